The predicted octanol–water partition coefficient (Wildman–Crippen LogP) is 4.02. The number of halogens is 3. The molecular formula is C18H20ClF2NO5. The van der Waals surface area contributed by atoms with Gasteiger partial charge in [-0.2, -0.15) is 0 Å². The van der Waals surface area contributed by atoms with Crippen molar-refractivity contribution in [1.82, 2.24) is 4.98 Å². The number of hydrogen-bond donors (Lipinski definition) is 1. The van der Waals surface area contributed by atoms with Crippen LogP contribution in [0.25, 0.3) is 5.76 Å². The van der Waals surface area contributed by atoms with Crippen molar-refractivity contribution >= 4 is 28.9 Å². The van der Waals surface area contributed by atoms with Crippen LogP contribution in [0.15, 0.2) is 11.6 Å². The van der Waals surface area contributed by atoms with Crippen molar-refractivity contribution in [2.75, 3.05) is 13.9 Å². The van der Waals surface area contributed by atoms with Gasteiger partial charge in [0, 0.05) is 24.5 Å². The number of rotatable bonds is 6. The van der Waals surface area contributed by atoms with E-state index in [0.717, 1.165) is 6.07 Å². The van der Waals surface area contributed by atoms with Gasteiger partial charge >= 0.3 is 0 Å². The molecular weight excluding hydrogens is 384 g/mol. The third kappa shape index (κ3) is 4.51. The second kappa shape index (κ2) is 8.41. The summed E-state index contributed by atoms with van der Waals surface area (Å²) in [5.74, 6) is -2.03. The zero-order valence-electron chi connectivity index (χ0n) is 15.1. The molecule has 0 amide bonds. The number of carbonyl (C=O) groups excluding carboxylic acids is 2. The Labute approximate surface area is 160 Å². The van der Waals surface area contributed by atoms with Crippen molar-refractivity contribution in [3.63, 3.8) is 0 Å². The summed E-state index contributed by atoms with van der Waals surface area (Å²) in [5.41, 5.74) is -2.57. The molecule has 2 rings (SSSR count). The summed E-state index contributed by atoms with van der Waals surface area (Å²) in [6.45, 7) is 2.80. The Morgan fingerprint density at radius 1 is 1.41 bits per heavy atom. The number of aliphatic hydroxyl groups excluding tert-OH is 1. The van der Waals surface area contributed by atoms with Gasteiger partial charge in [-0.25, -0.2) is 13.8 Å². The Hall–Kier alpha value is -1.90. The third-order valence-corrected chi connectivity index (χ3v) is 4.53. The van der Waals surface area contributed by atoms with E-state index in [-0.39, 0.29) is 30.7 Å². The van der Waals surface area contributed by atoms with E-state index in [1.165, 1.54) is 7.11 Å². The highest BCUT2D eigenvalue weighted by Gasteiger charge is 2.41. The maximum atomic E-state index is 13.6. The van der Waals surface area contributed by atoms with Crippen LogP contribution in [-0.4, -0.2) is 35.6 Å². The van der Waals surface area contributed by atoms with Crippen LogP contribution in [0.4, 0.5) is 8.78 Å². The van der Waals surface area contributed by atoms with Gasteiger partial charge in [0.05, 0.1) is 17.9 Å². The van der Waals surface area contributed by atoms with Crippen LogP contribution in [0.3, 0.4) is 0 Å². The summed E-state index contributed by atoms with van der Waals surface area (Å²) in [6, 6.07) is 0.890. The van der Waals surface area contributed by atoms with E-state index >= 15 is 0 Å². The second-order valence-corrected chi connectivity index (χ2v) is 7.16. The van der Waals surface area contributed by atoms with Crippen LogP contribution in [0.1, 0.15) is 49.9 Å². The average Bonchev–Trinajstić information content (AvgIpc) is 2.58. The smallest absolute Gasteiger partial charge is 0.264 e. The lowest BCUT2D eigenvalue weighted by atomic mass is 9.72. The van der Waals surface area contributed by atoms with Gasteiger partial charge in [0.25, 0.3) is 6.43 Å². The molecule has 6 nitrogen and oxygen atoms in total. The van der Waals surface area contributed by atoms with E-state index in [1.807, 2.05) is 0 Å². The molecule has 1 aromatic rings. The highest BCUT2D eigenvalue weighted by molar-refractivity contribution is 6.30. The van der Waals surface area contributed by atoms with Gasteiger partial charge in [-0.05, 0) is 12.5 Å². The molecule has 0 saturated heterocycles. The maximum absolute atomic E-state index is 13.6. The largest absolute Gasteiger partial charge is 0.506 e. The van der Waals surface area contributed by atoms with Crippen LogP contribution in [0.5, 0.6) is 0 Å². The molecule has 0 unspecified atom stereocenters. The Bertz CT molecular complexity index is 792. The minimum absolute atomic E-state index is 0.0265. The van der Waals surface area contributed by atoms with E-state index in [0.29, 0.717) is 6.42 Å². The van der Waals surface area contributed by atoms with Crippen molar-refractivity contribution in [2.45, 2.75) is 39.7 Å². The molecule has 1 N–H and O–H groups in total. The maximum Gasteiger partial charge on any atom is 0.264 e. The van der Waals surface area contributed by atoms with E-state index < -0.39 is 45.9 Å². The Morgan fingerprint density at radius 3 is 2.67 bits per heavy atom. The average molecular weight is 404 g/mol. The zero-order chi connectivity index (χ0) is 20.4. The standard InChI is InChI=1S/C18H20ClF2NO5/c1-18(2)5-4-11(23)14(16(18)25)15(24)13-9(17(20)21)6-12(19)22-10(13)7-27-8-26-3/h6,17,24H,4-5,7-8H2,1-3H3. The lowest BCUT2D eigenvalue weighted by Gasteiger charge is -2.29. The van der Waals surface area contributed by atoms with Crippen LogP contribution < -0.4 is 0 Å². The van der Waals surface area contributed by atoms with Gasteiger partial charge in [-0.15, -0.1) is 0 Å². The topological polar surface area (TPSA) is 85.7 Å². The number of methoxy groups -OCH3 is 1. The molecule has 1 saturated carbocycles. The first kappa shape index (κ1) is 21.4. The van der Waals surface area contributed by atoms with Crippen molar-refractivity contribution in [3.05, 3.63) is 33.6 Å². The number of ketones is 2. The van der Waals surface area contributed by atoms with Crippen LogP contribution in [0.2, 0.25) is 5.15 Å². The van der Waals surface area contributed by atoms with Crippen LogP contribution in [-0.2, 0) is 25.7 Å². The molecule has 0 spiro atoms. The third-order valence-electron chi connectivity index (χ3n) is 4.34. The van der Waals surface area contributed by atoms with E-state index in [9.17, 15) is 23.5 Å². The zero-order valence-corrected chi connectivity index (χ0v) is 15.9. The number of Topliss-reactive ketones (excluding diaryl/α,β-unsaturated/α-hetero) is 2. The van der Waals surface area contributed by atoms with Crippen LogP contribution in [0, 0.1) is 5.41 Å². The van der Waals surface area contributed by atoms with E-state index in [4.69, 9.17) is 21.1 Å². The molecule has 1 aromatic heterocycles. The predicted molar refractivity (Wildman–Crippen MR) is 93.4 cm³/mol. The number of nitrogens with zero attached hydrogens (tertiary/aromatic N) is 1. The second-order valence-electron chi connectivity index (χ2n) is 6.77. The number of carbonyl (C=O) groups is 2. The van der Waals surface area contributed by atoms with Crippen LogP contribution >= 0.6 is 11.6 Å². The minimum Gasteiger partial charge on any atom is -0.506 e. The first-order chi connectivity index (χ1) is 12.6. The number of hydrogen-bond acceptors (Lipinski definition) is 6. The van der Waals surface area contributed by atoms with Crippen molar-refractivity contribution in [3.8, 4) is 0 Å². The first-order valence-corrected chi connectivity index (χ1v) is 8.53. The molecule has 0 bridgehead atoms. The summed E-state index contributed by atoms with van der Waals surface area (Å²) >= 11 is 5.81. The number of allylic oxidation sites excluding steroid dienone is 1. The molecule has 9 heteroatoms. The number of aliphatic hydroxyl groups is 1. The van der Waals surface area contributed by atoms with Gasteiger partial charge < -0.3 is 14.6 Å². The lowest BCUT2D eigenvalue weighted by molar-refractivity contribution is -0.130. The molecule has 27 heavy (non-hydrogen) atoms. The molecule has 1 fully saturated rings. The fourth-order valence-electron chi connectivity index (χ4n) is 2.85. The summed E-state index contributed by atoms with van der Waals surface area (Å²) in [5, 5.41) is 10.5. The summed E-state index contributed by atoms with van der Waals surface area (Å²) < 4.78 is 37.1. The Kier molecular flexibility index (Phi) is 6.67. The summed E-state index contributed by atoms with van der Waals surface area (Å²) in [6.07, 6.45) is -2.68. The first-order valence-electron chi connectivity index (χ1n) is 8.16. The van der Waals surface area contributed by atoms with E-state index in [1.54, 1.807) is 13.8 Å². The van der Waals surface area contributed by atoms with E-state index in [2.05, 4.69) is 4.98 Å². The monoisotopic (exact) mass is 403 g/mol. The summed E-state index contributed by atoms with van der Waals surface area (Å²) in [7, 11) is 1.37. The normalized spacial score (nSPS) is 18.9. The van der Waals surface area contributed by atoms with Gasteiger partial charge in [-0.3, -0.25) is 9.59 Å². The van der Waals surface area contributed by atoms with Crippen molar-refractivity contribution in [2.24, 2.45) is 5.41 Å². The molecule has 1 aliphatic carbocycles. The van der Waals surface area contributed by atoms with Crippen molar-refractivity contribution < 1.29 is 33.0 Å². The Balaban J connectivity index is 2.70. The molecule has 0 aromatic carbocycles. The van der Waals surface area contributed by atoms with Gasteiger partial charge in [0.15, 0.2) is 11.6 Å². The lowest BCUT2D eigenvalue weighted by Crippen LogP contribution is -2.35. The molecule has 0 atom stereocenters. The van der Waals surface area contributed by atoms with Gasteiger partial charge in [-0.1, -0.05) is 25.4 Å². The molecule has 1 heterocycles. The van der Waals surface area contributed by atoms with Gasteiger partial charge in [0.2, 0.25) is 0 Å². The minimum atomic E-state index is -3.02. The SMILES string of the molecule is COCOCc1nc(Cl)cc(C(F)F)c1C(O)=C1C(=O)CCC(C)(C)C1=O. The molecule has 0 aliphatic heterocycles. The number of alkyl halides is 2. The number of pyridine rings is 1. The van der Waals surface area contributed by atoms with Crippen molar-refractivity contribution in [1.29, 1.82) is 0 Å². The quantitative estimate of drug-likeness (QED) is 0.193. The summed E-state index contributed by atoms with van der Waals surface area (Å²) in [4.78, 5) is 28.9. The molecule has 1 aliphatic rings. The highest BCUT2D eigenvalue weighted by atomic mass is 35.5. The number of ether oxygens (including phenoxy) is 2. The fraction of sp³-hybridized carbons (Fsp3) is 0.500. The highest BCUT2D eigenvalue weighted by Crippen LogP contribution is 2.39. The molecule has 0 radical (unpaired) electrons. The molecule has 148 valence electrons. The Morgan fingerprint density at radius 2 is 2.07 bits per heavy atom. The van der Waals surface area contributed by atoms with Gasteiger partial charge in [0.1, 0.15) is 23.3 Å². The fourth-order valence-corrected chi connectivity index (χ4v) is 3.07. The number of aromatic nitrogens is 1.